The maximum Gasteiger partial charge on any atom is 0.417 e. The smallest absolute Gasteiger partial charge is 0.417 e. The van der Waals surface area contributed by atoms with Crippen LogP contribution in [0.4, 0.5) is 4.79 Å². The van der Waals surface area contributed by atoms with Crippen LogP contribution in [0, 0.1) is 5.92 Å². The molecule has 6 rings (SSSR count). The first-order chi connectivity index (χ1) is 19.3. The molecule has 1 aromatic heterocycles. The van der Waals surface area contributed by atoms with Gasteiger partial charge in [-0.3, -0.25) is 9.78 Å². The average molecular weight is 610 g/mol. The molecule has 3 heterocycles. The number of methoxy groups -OCH3 is 1. The maximum absolute atomic E-state index is 13.9. The van der Waals surface area contributed by atoms with E-state index in [1.165, 1.54) is 24.4 Å². The molecule has 11 heteroatoms. The van der Waals surface area contributed by atoms with Crippen LogP contribution in [-0.4, -0.2) is 71.6 Å². The first-order valence-electron chi connectivity index (χ1n) is 13.0. The Bertz CT molecular complexity index is 1430. The predicted molar refractivity (Wildman–Crippen MR) is 146 cm³/mol. The Hall–Kier alpha value is -3.51. The van der Waals surface area contributed by atoms with Gasteiger partial charge in [0.25, 0.3) is 0 Å². The highest BCUT2D eigenvalue weighted by Gasteiger charge is 2.78. The fourth-order valence-electron chi connectivity index (χ4n) is 6.42. The zero-order chi connectivity index (χ0) is 28.1. The van der Waals surface area contributed by atoms with Gasteiger partial charge in [-0.2, -0.15) is 0 Å². The SMILES string of the molecule is COc1cncc2c1[C@]1(O)[C@H](O)[C@H](C(=O)OC(=O)N3CCNCC3)[C@@H](c3ccccc3)[C@]1(c1ccc(Br)cc1)O2. The van der Waals surface area contributed by atoms with Crippen molar-refractivity contribution in [1.29, 1.82) is 0 Å². The van der Waals surface area contributed by atoms with Gasteiger partial charge in [0.2, 0.25) is 0 Å². The predicted octanol–water partition coefficient (Wildman–Crippen LogP) is 2.67. The second-order valence-electron chi connectivity index (χ2n) is 10.1. The van der Waals surface area contributed by atoms with Crippen LogP contribution in [0.2, 0.25) is 0 Å². The summed E-state index contributed by atoms with van der Waals surface area (Å²) in [6, 6.07) is 16.1. The van der Waals surface area contributed by atoms with Crippen LogP contribution in [0.5, 0.6) is 11.5 Å². The number of nitrogens with zero attached hydrogens (tertiary/aromatic N) is 2. The minimum Gasteiger partial charge on any atom is -0.495 e. The molecule has 3 N–H and O–H groups in total. The summed E-state index contributed by atoms with van der Waals surface area (Å²) < 4.78 is 18.4. The van der Waals surface area contributed by atoms with E-state index in [9.17, 15) is 19.8 Å². The molecule has 208 valence electrons. The molecule has 3 aromatic rings. The molecule has 2 aromatic carbocycles. The van der Waals surface area contributed by atoms with E-state index in [1.807, 2.05) is 6.07 Å². The second kappa shape index (κ2) is 10.2. The molecule has 0 radical (unpaired) electrons. The number of pyridine rings is 1. The van der Waals surface area contributed by atoms with Gasteiger partial charge in [0.15, 0.2) is 11.2 Å². The van der Waals surface area contributed by atoms with E-state index in [-0.39, 0.29) is 17.1 Å². The Labute approximate surface area is 239 Å². The summed E-state index contributed by atoms with van der Waals surface area (Å²) in [6.07, 6.45) is 0.324. The Morgan fingerprint density at radius 2 is 1.80 bits per heavy atom. The highest BCUT2D eigenvalue weighted by atomic mass is 79.9. The molecule has 5 atom stereocenters. The number of hydrogen-bond donors (Lipinski definition) is 3. The van der Waals surface area contributed by atoms with Gasteiger partial charge in [-0.25, -0.2) is 4.79 Å². The fraction of sp³-hybridized carbons (Fsp3) is 0.345. The summed E-state index contributed by atoms with van der Waals surface area (Å²) in [5, 5.41) is 28.0. The van der Waals surface area contributed by atoms with Gasteiger partial charge in [-0.1, -0.05) is 58.4 Å². The molecule has 10 nitrogen and oxygen atoms in total. The number of aliphatic hydroxyl groups excluding tert-OH is 1. The Morgan fingerprint density at radius 3 is 2.48 bits per heavy atom. The lowest BCUT2D eigenvalue weighted by Gasteiger charge is -2.40. The molecular formula is C29H28BrN3O7. The summed E-state index contributed by atoms with van der Waals surface area (Å²) in [5.74, 6) is -2.91. The molecule has 40 heavy (non-hydrogen) atoms. The third kappa shape index (κ3) is 3.83. The summed E-state index contributed by atoms with van der Waals surface area (Å²) in [6.45, 7) is 1.92. The number of aromatic nitrogens is 1. The molecule has 0 spiro atoms. The number of aliphatic hydroxyl groups is 2. The largest absolute Gasteiger partial charge is 0.495 e. The first-order valence-corrected chi connectivity index (χ1v) is 13.8. The summed E-state index contributed by atoms with van der Waals surface area (Å²) >= 11 is 3.46. The van der Waals surface area contributed by atoms with Crippen LogP contribution in [-0.2, 0) is 20.7 Å². The van der Waals surface area contributed by atoms with Crippen molar-refractivity contribution < 1.29 is 34.0 Å². The van der Waals surface area contributed by atoms with E-state index in [0.717, 1.165) is 4.47 Å². The molecule has 0 unspecified atom stereocenters. The molecule has 1 aliphatic carbocycles. The van der Waals surface area contributed by atoms with Crippen LogP contribution < -0.4 is 14.8 Å². The molecule has 2 aliphatic heterocycles. The summed E-state index contributed by atoms with van der Waals surface area (Å²) in [5.41, 5.74) is -2.61. The second-order valence-corrected chi connectivity index (χ2v) is 11.0. The van der Waals surface area contributed by atoms with E-state index in [4.69, 9.17) is 14.2 Å². The van der Waals surface area contributed by atoms with Crippen LogP contribution in [0.1, 0.15) is 22.6 Å². The average Bonchev–Trinajstić information content (AvgIpc) is 3.36. The molecule has 0 bridgehead atoms. The van der Waals surface area contributed by atoms with Crippen molar-refractivity contribution in [2.24, 2.45) is 5.92 Å². The number of carbonyl (C=O) groups excluding carboxylic acids is 2. The first kappa shape index (κ1) is 26.7. The minimum absolute atomic E-state index is 0.171. The number of benzene rings is 2. The van der Waals surface area contributed by atoms with Crippen molar-refractivity contribution in [1.82, 2.24) is 15.2 Å². The van der Waals surface area contributed by atoms with Gasteiger partial charge in [-0.15, -0.1) is 0 Å². The lowest BCUT2D eigenvalue weighted by atomic mass is 9.70. The molecule has 2 fully saturated rings. The van der Waals surface area contributed by atoms with Gasteiger partial charge < -0.3 is 34.6 Å². The van der Waals surface area contributed by atoms with Crippen molar-refractivity contribution in [3.8, 4) is 11.5 Å². The number of fused-ring (bicyclic) bond motifs is 3. The zero-order valence-corrected chi connectivity index (χ0v) is 23.2. The van der Waals surface area contributed by atoms with E-state index in [0.29, 0.717) is 37.3 Å². The van der Waals surface area contributed by atoms with Crippen molar-refractivity contribution in [3.05, 3.63) is 88.2 Å². The fourth-order valence-corrected chi connectivity index (χ4v) is 6.68. The topological polar surface area (TPSA) is 130 Å². The third-order valence-electron chi connectivity index (χ3n) is 8.15. The normalized spacial score (nSPS) is 28.8. The molecular weight excluding hydrogens is 582 g/mol. The van der Waals surface area contributed by atoms with Crippen LogP contribution in [0.25, 0.3) is 0 Å². The van der Waals surface area contributed by atoms with Crippen molar-refractivity contribution in [3.63, 3.8) is 0 Å². The number of halogens is 1. The maximum atomic E-state index is 13.9. The van der Waals surface area contributed by atoms with Crippen molar-refractivity contribution >= 4 is 28.0 Å². The summed E-state index contributed by atoms with van der Waals surface area (Å²) in [7, 11) is 1.42. The van der Waals surface area contributed by atoms with Crippen LogP contribution in [0.15, 0.2) is 71.5 Å². The van der Waals surface area contributed by atoms with E-state index in [1.54, 1.807) is 48.5 Å². The Balaban J connectivity index is 1.55. The van der Waals surface area contributed by atoms with E-state index >= 15 is 0 Å². The highest BCUT2D eigenvalue weighted by Crippen LogP contribution is 2.69. The Morgan fingerprint density at radius 1 is 1.10 bits per heavy atom. The number of rotatable bonds is 4. The lowest BCUT2D eigenvalue weighted by Crippen LogP contribution is -2.52. The van der Waals surface area contributed by atoms with Crippen molar-refractivity contribution in [2.45, 2.75) is 23.2 Å². The molecule has 1 saturated carbocycles. The highest BCUT2D eigenvalue weighted by molar-refractivity contribution is 9.10. The molecule has 1 amide bonds. The standard InChI is InChI=1S/C29H28BrN3O7/c1-38-20-15-32-16-21-24(20)28(37)25(34)22(26(35)39-27(36)33-13-11-31-12-14-33)23(17-5-3-2-4-6-17)29(28,40-21)18-7-9-19(30)10-8-18/h2-10,15-16,22-23,25,31,34,37H,11-14H2,1H3/t22-,23-,25-,28+,29+/m1/s1. The number of nitrogens with one attached hydrogen (secondary N) is 1. The van der Waals surface area contributed by atoms with Crippen molar-refractivity contribution in [2.75, 3.05) is 33.3 Å². The number of piperazine rings is 1. The summed E-state index contributed by atoms with van der Waals surface area (Å²) in [4.78, 5) is 32.5. The number of ether oxygens (including phenoxy) is 3. The molecule has 3 aliphatic rings. The van der Waals surface area contributed by atoms with Crippen LogP contribution in [0.3, 0.4) is 0 Å². The quantitative estimate of drug-likeness (QED) is 0.302. The van der Waals surface area contributed by atoms with Crippen LogP contribution >= 0.6 is 15.9 Å². The monoisotopic (exact) mass is 609 g/mol. The number of hydrogen-bond acceptors (Lipinski definition) is 9. The Kier molecular flexibility index (Phi) is 6.78. The molecule has 1 saturated heterocycles. The van der Waals surface area contributed by atoms with Gasteiger partial charge in [0.1, 0.15) is 17.6 Å². The van der Waals surface area contributed by atoms with Gasteiger partial charge in [0, 0.05) is 36.6 Å². The van der Waals surface area contributed by atoms with Gasteiger partial charge in [-0.05, 0) is 23.3 Å². The van der Waals surface area contributed by atoms with Gasteiger partial charge in [0.05, 0.1) is 31.0 Å². The van der Waals surface area contributed by atoms with E-state index < -0.39 is 41.2 Å². The number of carbonyl (C=O) groups is 2. The third-order valence-corrected chi connectivity index (χ3v) is 8.68. The minimum atomic E-state index is -2.19. The van der Waals surface area contributed by atoms with Gasteiger partial charge >= 0.3 is 12.1 Å². The van der Waals surface area contributed by atoms with E-state index in [2.05, 4.69) is 26.2 Å². The zero-order valence-electron chi connectivity index (χ0n) is 21.6. The lowest BCUT2D eigenvalue weighted by molar-refractivity contribution is -0.160. The number of amides is 1. The number of esters is 1.